The van der Waals surface area contributed by atoms with Gasteiger partial charge in [0, 0.05) is 10.7 Å². The van der Waals surface area contributed by atoms with Gasteiger partial charge in [-0.15, -0.1) is 0 Å². The maximum Gasteiger partial charge on any atom is 0.416 e. The van der Waals surface area contributed by atoms with E-state index in [0.717, 1.165) is 28.7 Å². The number of nitrogens with one attached hydrogen (secondary N) is 2. The van der Waals surface area contributed by atoms with Crippen LogP contribution < -0.4 is 15.5 Å². The molecule has 12 heteroatoms. The maximum absolute atomic E-state index is 13.0. The molecule has 3 aromatic rings. The summed E-state index contributed by atoms with van der Waals surface area (Å²) in [6.45, 7) is 1.78. The number of nitrogens with zero attached hydrogens (tertiary/aromatic N) is 1. The summed E-state index contributed by atoms with van der Waals surface area (Å²) in [6, 6.07) is 13.6. The fourth-order valence-corrected chi connectivity index (χ4v) is 4.15. The maximum atomic E-state index is 13.0. The second-order valence-electron chi connectivity index (χ2n) is 8.31. The number of imide groups is 1. The molecule has 1 heterocycles. The summed E-state index contributed by atoms with van der Waals surface area (Å²) in [5.41, 5.74) is 0.762. The van der Waals surface area contributed by atoms with Crippen molar-refractivity contribution in [1.29, 1.82) is 0 Å². The van der Waals surface area contributed by atoms with Gasteiger partial charge in [-0.2, -0.15) is 13.2 Å². The van der Waals surface area contributed by atoms with Crippen LogP contribution in [0.2, 0.25) is 10.0 Å². The largest absolute Gasteiger partial charge is 0.416 e. The molecule has 0 saturated carbocycles. The van der Waals surface area contributed by atoms with Crippen molar-refractivity contribution in [2.24, 2.45) is 0 Å². The van der Waals surface area contributed by atoms with Crippen LogP contribution in [0.5, 0.6) is 0 Å². The topological polar surface area (TPSA) is 78.5 Å². The standard InChI is InChI=1S/C26H17Cl3F3N3O3/c1-13-2-8-17(12-19(13)28)35-24(37)22(29)23(25(35)38)33-16-6-3-14(4-7-16)10-21(36)34-20-11-15(26(30,31)32)5-9-18(20)27/h2-9,11-12,33H,10H2,1H3,(H,34,36). The lowest BCUT2D eigenvalue weighted by Gasteiger charge is -2.16. The first-order valence-electron chi connectivity index (χ1n) is 10.9. The Kier molecular flexibility index (Phi) is 7.73. The number of halogens is 6. The first kappa shape index (κ1) is 27.5. The molecule has 0 atom stereocenters. The number of anilines is 3. The molecule has 0 saturated heterocycles. The van der Waals surface area contributed by atoms with Crippen LogP contribution in [-0.4, -0.2) is 17.7 Å². The summed E-state index contributed by atoms with van der Waals surface area (Å²) in [4.78, 5) is 38.9. The smallest absolute Gasteiger partial charge is 0.350 e. The number of alkyl halides is 3. The van der Waals surface area contributed by atoms with Crippen LogP contribution >= 0.6 is 34.8 Å². The Morgan fingerprint density at radius 3 is 2.21 bits per heavy atom. The quantitative estimate of drug-likeness (QED) is 0.309. The van der Waals surface area contributed by atoms with Crippen molar-refractivity contribution in [3.05, 3.63) is 98.1 Å². The van der Waals surface area contributed by atoms with Crippen molar-refractivity contribution in [1.82, 2.24) is 0 Å². The van der Waals surface area contributed by atoms with E-state index in [9.17, 15) is 27.6 Å². The molecule has 6 nitrogen and oxygen atoms in total. The monoisotopic (exact) mass is 581 g/mol. The van der Waals surface area contributed by atoms with E-state index in [1.807, 2.05) is 0 Å². The Labute approximate surface area is 230 Å². The number of amides is 3. The van der Waals surface area contributed by atoms with Crippen LogP contribution in [0.1, 0.15) is 16.7 Å². The number of rotatable bonds is 6. The molecule has 4 rings (SSSR count). The molecule has 0 radical (unpaired) electrons. The minimum atomic E-state index is -4.58. The summed E-state index contributed by atoms with van der Waals surface area (Å²) >= 11 is 18.2. The SMILES string of the molecule is Cc1ccc(N2C(=O)C(Cl)=C(Nc3ccc(CC(=O)Nc4cc(C(F)(F)F)ccc4Cl)cc3)C2=O)cc1Cl. The first-order valence-corrected chi connectivity index (χ1v) is 12.1. The van der Waals surface area contributed by atoms with Gasteiger partial charge in [-0.25, -0.2) is 4.90 Å². The van der Waals surface area contributed by atoms with Gasteiger partial charge in [0.15, 0.2) is 0 Å². The minimum Gasteiger partial charge on any atom is -0.350 e. The summed E-state index contributed by atoms with van der Waals surface area (Å²) in [6.07, 6.45) is -4.74. The summed E-state index contributed by atoms with van der Waals surface area (Å²) in [5, 5.41) is 5.26. The average Bonchev–Trinajstić information content (AvgIpc) is 3.05. The molecule has 1 aliphatic rings. The average molecular weight is 583 g/mol. The highest BCUT2D eigenvalue weighted by Gasteiger charge is 2.39. The summed E-state index contributed by atoms with van der Waals surface area (Å²) in [5.74, 6) is -1.95. The number of hydrogen-bond donors (Lipinski definition) is 2. The number of hydrogen-bond acceptors (Lipinski definition) is 4. The molecule has 0 aromatic heterocycles. The zero-order chi connectivity index (χ0) is 27.8. The highest BCUT2D eigenvalue weighted by atomic mass is 35.5. The van der Waals surface area contributed by atoms with Gasteiger partial charge in [-0.3, -0.25) is 14.4 Å². The van der Waals surface area contributed by atoms with Gasteiger partial charge in [0.25, 0.3) is 11.8 Å². The molecule has 3 amide bonds. The van der Waals surface area contributed by atoms with E-state index in [1.54, 1.807) is 43.3 Å². The zero-order valence-electron chi connectivity index (χ0n) is 19.4. The van der Waals surface area contributed by atoms with Crippen molar-refractivity contribution in [2.75, 3.05) is 15.5 Å². The molecule has 0 fully saturated rings. The Bertz CT molecular complexity index is 1490. The van der Waals surface area contributed by atoms with E-state index < -0.39 is 29.5 Å². The molecule has 3 aromatic carbocycles. The second-order valence-corrected chi connectivity index (χ2v) is 9.50. The fraction of sp³-hybridized carbons (Fsp3) is 0.115. The van der Waals surface area contributed by atoms with Gasteiger partial charge in [-0.05, 0) is 60.5 Å². The number of benzene rings is 3. The van der Waals surface area contributed by atoms with E-state index >= 15 is 0 Å². The van der Waals surface area contributed by atoms with Crippen LogP contribution in [0.25, 0.3) is 0 Å². The Morgan fingerprint density at radius 1 is 0.895 bits per heavy atom. The van der Waals surface area contributed by atoms with Crippen LogP contribution in [0.3, 0.4) is 0 Å². The lowest BCUT2D eigenvalue weighted by atomic mass is 10.1. The third-order valence-corrected chi connectivity index (χ3v) is 6.68. The van der Waals surface area contributed by atoms with Crippen LogP contribution in [-0.2, 0) is 27.0 Å². The number of carbonyl (C=O) groups is 3. The number of carbonyl (C=O) groups excluding carboxylic acids is 3. The van der Waals surface area contributed by atoms with Crippen LogP contribution in [0, 0.1) is 6.92 Å². The third kappa shape index (κ3) is 5.80. The predicted octanol–water partition coefficient (Wildman–Crippen LogP) is 6.94. The Hall–Kier alpha value is -3.53. The summed E-state index contributed by atoms with van der Waals surface area (Å²) in [7, 11) is 0. The minimum absolute atomic E-state index is 0.0335. The van der Waals surface area contributed by atoms with Gasteiger partial charge in [0.05, 0.1) is 28.4 Å². The Balaban J connectivity index is 1.43. The molecule has 1 aliphatic heterocycles. The fourth-order valence-electron chi connectivity index (χ4n) is 3.59. The second kappa shape index (κ2) is 10.7. The van der Waals surface area contributed by atoms with E-state index in [4.69, 9.17) is 34.8 Å². The van der Waals surface area contributed by atoms with E-state index in [-0.39, 0.29) is 33.5 Å². The van der Waals surface area contributed by atoms with Crippen LogP contribution in [0.15, 0.2) is 71.4 Å². The van der Waals surface area contributed by atoms with Gasteiger partial charge >= 0.3 is 6.18 Å². The van der Waals surface area contributed by atoms with Crippen molar-refractivity contribution in [3.8, 4) is 0 Å². The van der Waals surface area contributed by atoms with E-state index in [1.165, 1.54) is 6.07 Å². The van der Waals surface area contributed by atoms with Gasteiger partial charge in [-0.1, -0.05) is 53.0 Å². The molecule has 196 valence electrons. The highest BCUT2D eigenvalue weighted by molar-refractivity contribution is 6.53. The van der Waals surface area contributed by atoms with Gasteiger partial charge < -0.3 is 10.6 Å². The van der Waals surface area contributed by atoms with Crippen molar-refractivity contribution in [2.45, 2.75) is 19.5 Å². The van der Waals surface area contributed by atoms with Crippen LogP contribution in [0.4, 0.5) is 30.2 Å². The molecule has 0 unspecified atom stereocenters. The lowest BCUT2D eigenvalue weighted by molar-refractivity contribution is -0.137. The lowest BCUT2D eigenvalue weighted by Crippen LogP contribution is -2.32. The highest BCUT2D eigenvalue weighted by Crippen LogP contribution is 2.34. The molecule has 0 spiro atoms. The van der Waals surface area contributed by atoms with Crippen molar-refractivity contribution < 1.29 is 27.6 Å². The summed E-state index contributed by atoms with van der Waals surface area (Å²) < 4.78 is 38.9. The van der Waals surface area contributed by atoms with Crippen molar-refractivity contribution >= 4 is 69.6 Å². The van der Waals surface area contributed by atoms with Gasteiger partial charge in [0.1, 0.15) is 10.7 Å². The molecule has 0 bridgehead atoms. The molecule has 38 heavy (non-hydrogen) atoms. The molecular weight excluding hydrogens is 566 g/mol. The van der Waals surface area contributed by atoms with E-state index in [2.05, 4.69) is 10.6 Å². The molecule has 2 N–H and O–H groups in total. The predicted molar refractivity (Wildman–Crippen MR) is 140 cm³/mol. The Morgan fingerprint density at radius 2 is 1.58 bits per heavy atom. The zero-order valence-corrected chi connectivity index (χ0v) is 21.7. The van der Waals surface area contributed by atoms with Gasteiger partial charge in [0.2, 0.25) is 5.91 Å². The third-order valence-electron chi connectivity index (χ3n) is 5.60. The van der Waals surface area contributed by atoms with Crippen molar-refractivity contribution in [3.63, 3.8) is 0 Å². The first-order chi connectivity index (χ1) is 17.8. The number of aryl methyl sites for hydroxylation is 1. The van der Waals surface area contributed by atoms with E-state index in [0.29, 0.717) is 16.3 Å². The molecular formula is C26H17Cl3F3N3O3. The molecule has 0 aliphatic carbocycles. The normalized spacial score (nSPS) is 13.8.